The average Bonchev–Trinajstić information content (AvgIpc) is 2.69. The van der Waals surface area contributed by atoms with Crippen LogP contribution in [0.2, 0.25) is 0 Å². The summed E-state index contributed by atoms with van der Waals surface area (Å²) >= 11 is 0. The van der Waals surface area contributed by atoms with Gasteiger partial charge in [-0.25, -0.2) is 9.98 Å². The number of benzene rings is 1. The van der Waals surface area contributed by atoms with Gasteiger partial charge in [-0.2, -0.15) is 10.5 Å². The molecule has 0 N–H and O–H groups in total. The third-order valence-electron chi connectivity index (χ3n) is 3.48. The number of aliphatic imine (C=N–C) groups is 2. The van der Waals surface area contributed by atoms with E-state index in [0.29, 0.717) is 0 Å². The molecular formula is C18H16N4. The average molecular weight is 288 g/mol. The molecule has 2 rings (SSSR count). The topological polar surface area (TPSA) is 72.3 Å². The second kappa shape index (κ2) is 7.15. The number of allylic oxidation sites excluding steroid dienone is 3. The van der Waals surface area contributed by atoms with Crippen LogP contribution in [0.15, 0.2) is 57.8 Å². The molecule has 0 saturated heterocycles. The molecular weight excluding hydrogens is 272 g/mol. The van der Waals surface area contributed by atoms with Crippen molar-refractivity contribution in [2.75, 3.05) is 0 Å². The number of hydrogen-bond donors (Lipinski definition) is 0. The Balaban J connectivity index is 2.47. The normalized spacial score (nSPS) is 18.3. The van der Waals surface area contributed by atoms with Crippen LogP contribution in [0.5, 0.6) is 0 Å². The van der Waals surface area contributed by atoms with Gasteiger partial charge in [0.2, 0.25) is 0 Å². The number of nitrogens with zero attached hydrogens (tertiary/aromatic N) is 4. The van der Waals surface area contributed by atoms with Crippen molar-refractivity contribution < 1.29 is 0 Å². The monoisotopic (exact) mass is 288 g/mol. The van der Waals surface area contributed by atoms with Crippen molar-refractivity contribution in [3.8, 4) is 12.1 Å². The molecule has 1 atom stereocenters. The SMILES string of the molecule is CCC1C(C)=NC(C#N)=C(C#N)N=C1/C=C/c1ccccc1. The van der Waals surface area contributed by atoms with Crippen LogP contribution in [0.3, 0.4) is 0 Å². The molecule has 0 radical (unpaired) electrons. The number of rotatable bonds is 3. The highest BCUT2D eigenvalue weighted by Crippen LogP contribution is 2.20. The van der Waals surface area contributed by atoms with E-state index in [-0.39, 0.29) is 17.3 Å². The molecule has 0 saturated carbocycles. The van der Waals surface area contributed by atoms with Gasteiger partial charge in [-0.3, -0.25) is 0 Å². The highest BCUT2D eigenvalue weighted by atomic mass is 14.9. The molecule has 0 bridgehead atoms. The van der Waals surface area contributed by atoms with Crippen LogP contribution in [0.4, 0.5) is 0 Å². The molecule has 1 unspecified atom stereocenters. The van der Waals surface area contributed by atoms with E-state index in [1.165, 1.54) is 0 Å². The summed E-state index contributed by atoms with van der Waals surface area (Å²) in [6.45, 7) is 3.91. The second-order valence-corrected chi connectivity index (χ2v) is 4.92. The largest absolute Gasteiger partial charge is 0.243 e. The molecule has 108 valence electrons. The van der Waals surface area contributed by atoms with Crippen molar-refractivity contribution in [1.82, 2.24) is 0 Å². The van der Waals surface area contributed by atoms with E-state index >= 15 is 0 Å². The molecule has 1 aromatic rings. The first-order chi connectivity index (χ1) is 10.7. The lowest BCUT2D eigenvalue weighted by atomic mass is 9.94. The van der Waals surface area contributed by atoms with Gasteiger partial charge < -0.3 is 0 Å². The van der Waals surface area contributed by atoms with Gasteiger partial charge in [0, 0.05) is 11.6 Å². The molecule has 1 heterocycles. The number of nitriles is 2. The van der Waals surface area contributed by atoms with E-state index < -0.39 is 0 Å². The summed E-state index contributed by atoms with van der Waals surface area (Å²) in [5.74, 6) is 0.00848. The molecule has 1 aliphatic rings. The predicted octanol–water partition coefficient (Wildman–Crippen LogP) is 3.90. The summed E-state index contributed by atoms with van der Waals surface area (Å²) in [6.07, 6.45) is 4.67. The summed E-state index contributed by atoms with van der Waals surface area (Å²) in [6, 6.07) is 13.8. The minimum Gasteiger partial charge on any atom is -0.243 e. The van der Waals surface area contributed by atoms with Gasteiger partial charge in [0.25, 0.3) is 0 Å². The minimum atomic E-state index is 0.00848. The molecule has 0 amide bonds. The van der Waals surface area contributed by atoms with Crippen LogP contribution in [0.25, 0.3) is 6.08 Å². The minimum absolute atomic E-state index is 0.00848. The van der Waals surface area contributed by atoms with Crippen molar-refractivity contribution >= 4 is 17.5 Å². The Morgan fingerprint density at radius 1 is 1.05 bits per heavy atom. The Morgan fingerprint density at radius 3 is 2.27 bits per heavy atom. The summed E-state index contributed by atoms with van der Waals surface area (Å²) in [7, 11) is 0. The zero-order valence-corrected chi connectivity index (χ0v) is 12.6. The van der Waals surface area contributed by atoms with Gasteiger partial charge >= 0.3 is 0 Å². The van der Waals surface area contributed by atoms with Crippen LogP contribution in [-0.4, -0.2) is 11.4 Å². The molecule has 1 aromatic carbocycles. The first kappa shape index (κ1) is 15.4. The van der Waals surface area contributed by atoms with E-state index in [2.05, 4.69) is 9.98 Å². The van der Waals surface area contributed by atoms with E-state index in [9.17, 15) is 5.26 Å². The fourth-order valence-electron chi connectivity index (χ4n) is 2.34. The van der Waals surface area contributed by atoms with Crippen molar-refractivity contribution in [2.45, 2.75) is 20.3 Å². The first-order valence-electron chi connectivity index (χ1n) is 7.11. The van der Waals surface area contributed by atoms with Crippen LogP contribution >= 0.6 is 0 Å². The lowest BCUT2D eigenvalue weighted by Crippen LogP contribution is -2.19. The second-order valence-electron chi connectivity index (χ2n) is 4.92. The van der Waals surface area contributed by atoms with Gasteiger partial charge in [0.05, 0.1) is 5.71 Å². The Labute approximate surface area is 130 Å². The maximum atomic E-state index is 9.21. The van der Waals surface area contributed by atoms with Gasteiger partial charge in [-0.1, -0.05) is 43.3 Å². The van der Waals surface area contributed by atoms with E-state index in [0.717, 1.165) is 23.4 Å². The molecule has 22 heavy (non-hydrogen) atoms. The Bertz CT molecular complexity index is 753. The predicted molar refractivity (Wildman–Crippen MR) is 88.1 cm³/mol. The third-order valence-corrected chi connectivity index (χ3v) is 3.48. The highest BCUT2D eigenvalue weighted by molar-refractivity contribution is 6.14. The molecule has 0 fully saturated rings. The standard InChI is InChI=1S/C18H16N4/c1-3-15-13(2)21-17(11-19)18(12-20)22-16(15)10-9-14-7-5-4-6-8-14/h4-10,15H,3H2,1-2H3/b10-9+. The van der Waals surface area contributed by atoms with Crippen molar-refractivity contribution in [3.63, 3.8) is 0 Å². The molecule has 4 nitrogen and oxygen atoms in total. The summed E-state index contributed by atoms with van der Waals surface area (Å²) in [5.41, 5.74) is 2.78. The molecule has 0 aromatic heterocycles. The van der Waals surface area contributed by atoms with Gasteiger partial charge in [0.1, 0.15) is 12.1 Å². The lowest BCUT2D eigenvalue weighted by molar-refractivity contribution is 0.856. The summed E-state index contributed by atoms with van der Waals surface area (Å²) in [5, 5.41) is 18.3. The van der Waals surface area contributed by atoms with Crippen LogP contribution in [0.1, 0.15) is 25.8 Å². The van der Waals surface area contributed by atoms with E-state index in [4.69, 9.17) is 5.26 Å². The third kappa shape index (κ3) is 3.37. The Morgan fingerprint density at radius 2 is 1.68 bits per heavy atom. The van der Waals surface area contributed by atoms with E-state index in [1.54, 1.807) is 0 Å². The fraction of sp³-hybridized carbons (Fsp3) is 0.222. The van der Waals surface area contributed by atoms with E-state index in [1.807, 2.05) is 68.5 Å². The lowest BCUT2D eigenvalue weighted by Gasteiger charge is -2.13. The zero-order chi connectivity index (χ0) is 15.9. The first-order valence-corrected chi connectivity index (χ1v) is 7.11. The van der Waals surface area contributed by atoms with Gasteiger partial charge in [0.15, 0.2) is 11.4 Å². The summed E-state index contributed by atoms with van der Waals surface area (Å²) in [4.78, 5) is 8.64. The zero-order valence-electron chi connectivity index (χ0n) is 12.6. The van der Waals surface area contributed by atoms with Crippen molar-refractivity contribution in [3.05, 3.63) is 53.4 Å². The maximum Gasteiger partial charge on any atom is 0.177 e. The summed E-state index contributed by atoms with van der Waals surface area (Å²) < 4.78 is 0. The highest BCUT2D eigenvalue weighted by Gasteiger charge is 2.21. The fourth-order valence-corrected chi connectivity index (χ4v) is 2.34. The molecule has 0 spiro atoms. The molecule has 0 aliphatic carbocycles. The maximum absolute atomic E-state index is 9.21. The molecule has 1 aliphatic heterocycles. The quantitative estimate of drug-likeness (QED) is 0.846. The van der Waals surface area contributed by atoms with Crippen LogP contribution < -0.4 is 0 Å². The smallest absolute Gasteiger partial charge is 0.177 e. The van der Waals surface area contributed by atoms with Crippen LogP contribution in [0, 0.1) is 28.6 Å². The molecule has 4 heteroatoms. The van der Waals surface area contributed by atoms with Crippen molar-refractivity contribution in [2.24, 2.45) is 15.9 Å². The van der Waals surface area contributed by atoms with Crippen LogP contribution in [-0.2, 0) is 0 Å². The van der Waals surface area contributed by atoms with Gasteiger partial charge in [-0.15, -0.1) is 0 Å². The Kier molecular flexibility index (Phi) is 5.01. The Hall–Kier alpha value is -2.98. The van der Waals surface area contributed by atoms with Gasteiger partial charge in [-0.05, 0) is 25.0 Å². The number of hydrogen-bond acceptors (Lipinski definition) is 4. The van der Waals surface area contributed by atoms with Crippen molar-refractivity contribution in [1.29, 1.82) is 10.5 Å².